The van der Waals surface area contributed by atoms with Crippen LogP contribution in [0.3, 0.4) is 0 Å². The van der Waals surface area contributed by atoms with Gasteiger partial charge in [0, 0.05) is 17.3 Å². The topological polar surface area (TPSA) is 41.6 Å². The minimum absolute atomic E-state index is 0.0929. The minimum Gasteiger partial charge on any atom is -0.489 e. The zero-order valence-electron chi connectivity index (χ0n) is 13.4. The number of carbonyl (C=O) groups is 1. The van der Waals surface area contributed by atoms with E-state index in [0.29, 0.717) is 12.6 Å². The Balaban J connectivity index is 1.76. The number of benzene rings is 2. The van der Waals surface area contributed by atoms with Gasteiger partial charge in [-0.1, -0.05) is 43.0 Å². The molecule has 122 valence electrons. The van der Waals surface area contributed by atoms with Gasteiger partial charge in [-0.3, -0.25) is 4.79 Å². The summed E-state index contributed by atoms with van der Waals surface area (Å²) < 4.78 is 5.82. The van der Waals surface area contributed by atoms with E-state index in [4.69, 9.17) is 4.74 Å². The van der Waals surface area contributed by atoms with Crippen LogP contribution in [0.15, 0.2) is 61.2 Å². The number of hydrogen-bond donors (Lipinski definition) is 1. The lowest BCUT2D eigenvalue weighted by Crippen LogP contribution is -2.44. The number of nitrogens with one attached hydrogen (secondary N) is 1. The molecule has 1 aliphatic heterocycles. The van der Waals surface area contributed by atoms with Crippen molar-refractivity contribution in [3.8, 4) is 5.75 Å². The van der Waals surface area contributed by atoms with E-state index in [1.54, 1.807) is 6.08 Å². The van der Waals surface area contributed by atoms with Gasteiger partial charge in [0.2, 0.25) is 0 Å². The van der Waals surface area contributed by atoms with Crippen molar-refractivity contribution in [3.63, 3.8) is 0 Å². The van der Waals surface area contributed by atoms with E-state index in [2.05, 4.69) is 11.9 Å². The van der Waals surface area contributed by atoms with Crippen molar-refractivity contribution in [2.24, 2.45) is 0 Å². The molecule has 1 saturated carbocycles. The average Bonchev–Trinajstić information content (AvgIpc) is 3.45. The van der Waals surface area contributed by atoms with Gasteiger partial charge in [-0.2, -0.15) is 0 Å². The maximum absolute atomic E-state index is 13.0. The second-order valence-electron chi connectivity index (χ2n) is 6.17. The lowest BCUT2D eigenvalue weighted by molar-refractivity contribution is 0.0664. The van der Waals surface area contributed by atoms with Crippen molar-refractivity contribution in [2.75, 3.05) is 11.9 Å². The first-order chi connectivity index (χ1) is 11.8. The van der Waals surface area contributed by atoms with Crippen LogP contribution in [0.25, 0.3) is 0 Å². The van der Waals surface area contributed by atoms with E-state index in [9.17, 15) is 4.79 Å². The molecule has 0 spiro atoms. The molecule has 2 aromatic rings. The molecule has 0 aromatic heterocycles. The molecule has 0 saturated heterocycles. The Morgan fingerprint density at radius 2 is 1.92 bits per heavy atom. The summed E-state index contributed by atoms with van der Waals surface area (Å²) in [6.07, 6.45) is 3.63. The molecule has 1 heterocycles. The summed E-state index contributed by atoms with van der Waals surface area (Å²) in [5, 5.41) is 3.53. The van der Waals surface area contributed by atoms with Crippen LogP contribution >= 0.6 is 0 Å². The number of carbonyl (C=O) groups excluding carboxylic acids is 1. The predicted molar refractivity (Wildman–Crippen MR) is 94.1 cm³/mol. The van der Waals surface area contributed by atoms with Gasteiger partial charge in [-0.15, -0.1) is 0 Å². The third-order valence-corrected chi connectivity index (χ3v) is 4.47. The quantitative estimate of drug-likeness (QED) is 0.847. The number of hydrogen-bond acceptors (Lipinski definition) is 3. The van der Waals surface area contributed by atoms with Crippen LogP contribution in [-0.4, -0.2) is 23.5 Å². The number of nitrogens with zero attached hydrogens (tertiary/aromatic N) is 1. The number of fused-ring (bicyclic) bond motifs is 1. The molecule has 2 aliphatic rings. The highest BCUT2D eigenvalue weighted by Crippen LogP contribution is 2.42. The summed E-state index contributed by atoms with van der Waals surface area (Å²) >= 11 is 0. The molecule has 1 amide bonds. The molecule has 1 aliphatic carbocycles. The van der Waals surface area contributed by atoms with Gasteiger partial charge in [-0.05, 0) is 31.0 Å². The average molecular weight is 320 g/mol. The molecule has 2 aromatic carbocycles. The normalized spacial score (nSPS) is 19.4. The first-order valence-corrected chi connectivity index (χ1v) is 8.30. The zero-order chi connectivity index (χ0) is 16.5. The maximum atomic E-state index is 13.0. The van der Waals surface area contributed by atoms with E-state index in [1.807, 2.05) is 53.4 Å². The molecular formula is C20H20N2O2. The van der Waals surface area contributed by atoms with Gasteiger partial charge >= 0.3 is 0 Å². The van der Waals surface area contributed by atoms with Gasteiger partial charge in [0.25, 0.3) is 5.91 Å². The highest BCUT2D eigenvalue weighted by atomic mass is 16.5. The fourth-order valence-electron chi connectivity index (χ4n) is 3.21. The van der Waals surface area contributed by atoms with Gasteiger partial charge in [0.1, 0.15) is 18.5 Å². The standard InChI is InChI=1S/C20H20N2O2/c1-2-13-24-18-10-6-4-8-16(18)19-21-17-9-5-3-7-15(17)20(23)22(19)14-11-12-14/h2-10,14,19,21H,1,11-13H2/t19-/m1/s1. The monoisotopic (exact) mass is 320 g/mol. The number of rotatable bonds is 5. The Morgan fingerprint density at radius 3 is 2.71 bits per heavy atom. The summed E-state index contributed by atoms with van der Waals surface area (Å²) in [5.41, 5.74) is 2.60. The molecule has 0 radical (unpaired) electrons. The number of anilines is 1. The van der Waals surface area contributed by atoms with E-state index < -0.39 is 0 Å². The zero-order valence-corrected chi connectivity index (χ0v) is 13.4. The minimum atomic E-state index is -0.207. The predicted octanol–water partition coefficient (Wildman–Crippen LogP) is 3.98. The van der Waals surface area contributed by atoms with Crippen molar-refractivity contribution in [2.45, 2.75) is 25.0 Å². The van der Waals surface area contributed by atoms with Crippen LogP contribution in [0, 0.1) is 0 Å². The van der Waals surface area contributed by atoms with E-state index in [0.717, 1.165) is 35.4 Å². The number of para-hydroxylation sites is 2. The van der Waals surface area contributed by atoms with Crippen molar-refractivity contribution < 1.29 is 9.53 Å². The van der Waals surface area contributed by atoms with Gasteiger partial charge in [-0.25, -0.2) is 0 Å². The van der Waals surface area contributed by atoms with Crippen LogP contribution < -0.4 is 10.1 Å². The SMILES string of the molecule is C=CCOc1ccccc1[C@@H]1Nc2ccccc2C(=O)N1C1CC1. The Kier molecular flexibility index (Phi) is 3.73. The van der Waals surface area contributed by atoms with Crippen molar-refractivity contribution >= 4 is 11.6 Å². The molecule has 0 bridgehead atoms. The van der Waals surface area contributed by atoms with Gasteiger partial charge < -0.3 is 15.0 Å². The molecule has 24 heavy (non-hydrogen) atoms. The van der Waals surface area contributed by atoms with Crippen LogP contribution in [0.1, 0.15) is 34.9 Å². The Labute approximate surface area is 141 Å². The lowest BCUT2D eigenvalue weighted by atomic mass is 10.0. The van der Waals surface area contributed by atoms with Crippen molar-refractivity contribution in [1.29, 1.82) is 0 Å². The lowest BCUT2D eigenvalue weighted by Gasteiger charge is -2.38. The summed E-state index contributed by atoms with van der Waals surface area (Å²) in [7, 11) is 0. The summed E-state index contributed by atoms with van der Waals surface area (Å²) in [6, 6.07) is 15.9. The van der Waals surface area contributed by atoms with Crippen LogP contribution in [0.4, 0.5) is 5.69 Å². The van der Waals surface area contributed by atoms with Gasteiger partial charge in [0.15, 0.2) is 0 Å². The summed E-state index contributed by atoms with van der Waals surface area (Å²) in [6.45, 7) is 4.15. The van der Waals surface area contributed by atoms with Crippen LogP contribution in [-0.2, 0) is 0 Å². The smallest absolute Gasteiger partial charge is 0.258 e. The van der Waals surface area contributed by atoms with E-state index >= 15 is 0 Å². The third-order valence-electron chi connectivity index (χ3n) is 4.47. The van der Waals surface area contributed by atoms with E-state index in [1.165, 1.54) is 0 Å². The number of amides is 1. The molecular weight excluding hydrogens is 300 g/mol. The largest absolute Gasteiger partial charge is 0.489 e. The molecule has 4 nitrogen and oxygen atoms in total. The second kappa shape index (κ2) is 6.04. The van der Waals surface area contributed by atoms with Crippen molar-refractivity contribution in [3.05, 3.63) is 72.3 Å². The van der Waals surface area contributed by atoms with Crippen molar-refractivity contribution in [1.82, 2.24) is 4.90 Å². The Bertz CT molecular complexity index is 783. The maximum Gasteiger partial charge on any atom is 0.258 e. The Hall–Kier alpha value is -2.75. The fourth-order valence-corrected chi connectivity index (χ4v) is 3.21. The molecule has 4 rings (SSSR count). The molecule has 4 heteroatoms. The molecule has 1 atom stereocenters. The first kappa shape index (κ1) is 14.8. The third kappa shape index (κ3) is 2.54. The first-order valence-electron chi connectivity index (χ1n) is 8.30. The van der Waals surface area contributed by atoms with Crippen LogP contribution in [0.5, 0.6) is 5.75 Å². The Morgan fingerprint density at radius 1 is 1.17 bits per heavy atom. The molecule has 1 N–H and O–H groups in total. The number of ether oxygens (including phenoxy) is 1. The van der Waals surface area contributed by atoms with Gasteiger partial charge in [0.05, 0.1) is 5.56 Å². The summed E-state index contributed by atoms with van der Waals surface area (Å²) in [5.74, 6) is 0.878. The van der Waals surface area contributed by atoms with Crippen LogP contribution in [0.2, 0.25) is 0 Å². The van der Waals surface area contributed by atoms with E-state index in [-0.39, 0.29) is 12.1 Å². The highest BCUT2D eigenvalue weighted by Gasteiger charge is 2.42. The molecule has 1 fully saturated rings. The summed E-state index contributed by atoms with van der Waals surface area (Å²) in [4.78, 5) is 15.0. The second-order valence-corrected chi connectivity index (χ2v) is 6.17. The fraction of sp³-hybridized carbons (Fsp3) is 0.250. The highest BCUT2D eigenvalue weighted by molar-refractivity contribution is 6.02. The molecule has 0 unspecified atom stereocenters.